The molecule has 3 aromatic carbocycles. The lowest BCUT2D eigenvalue weighted by Gasteiger charge is -2.26. The Morgan fingerprint density at radius 1 is 0.821 bits per heavy atom. The minimum Gasteiger partial charge on any atom is -0.507 e. The molecule has 1 N–H and O–H groups in total. The van der Waals surface area contributed by atoms with Crippen LogP contribution in [0, 0.1) is 0 Å². The van der Waals surface area contributed by atoms with E-state index in [0.29, 0.717) is 59.8 Å². The number of ketones is 1. The zero-order valence-electron chi connectivity index (χ0n) is 23.1. The van der Waals surface area contributed by atoms with Gasteiger partial charge in [0.05, 0.1) is 37.0 Å². The number of anilines is 1. The quantitative estimate of drug-likeness (QED) is 0.180. The average Bonchev–Trinajstić information content (AvgIpc) is 3.19. The molecule has 1 amide bonds. The smallest absolute Gasteiger partial charge is 0.300 e. The molecule has 0 bridgehead atoms. The van der Waals surface area contributed by atoms with Gasteiger partial charge in [-0.3, -0.25) is 14.5 Å². The van der Waals surface area contributed by atoms with Crippen LogP contribution in [0.1, 0.15) is 63.3 Å². The van der Waals surface area contributed by atoms with Crippen LogP contribution in [0.2, 0.25) is 0 Å². The van der Waals surface area contributed by atoms with Crippen molar-refractivity contribution >= 4 is 23.1 Å². The van der Waals surface area contributed by atoms with Crippen LogP contribution in [0.25, 0.3) is 5.76 Å². The summed E-state index contributed by atoms with van der Waals surface area (Å²) in [5.41, 5.74) is 2.64. The highest BCUT2D eigenvalue weighted by atomic mass is 16.5. The molecule has 1 heterocycles. The van der Waals surface area contributed by atoms with Gasteiger partial charge in [-0.15, -0.1) is 0 Å². The lowest BCUT2D eigenvalue weighted by molar-refractivity contribution is -0.132. The Labute approximate surface area is 229 Å². The molecule has 7 heteroatoms. The first-order valence-electron chi connectivity index (χ1n) is 13.3. The van der Waals surface area contributed by atoms with Gasteiger partial charge >= 0.3 is 0 Å². The predicted octanol–water partition coefficient (Wildman–Crippen LogP) is 6.63. The number of rotatable bonds is 10. The molecule has 0 saturated carbocycles. The summed E-state index contributed by atoms with van der Waals surface area (Å²) in [4.78, 5) is 28.5. The highest BCUT2D eigenvalue weighted by Crippen LogP contribution is 2.44. The molecule has 204 valence electrons. The van der Waals surface area contributed by atoms with E-state index in [1.807, 2.05) is 57.2 Å². The molecule has 1 fully saturated rings. The molecule has 4 rings (SSSR count). The maximum absolute atomic E-state index is 13.6. The van der Waals surface area contributed by atoms with Gasteiger partial charge in [0, 0.05) is 11.8 Å². The molecular weight excluding hydrogens is 494 g/mol. The molecule has 1 aliphatic rings. The summed E-state index contributed by atoms with van der Waals surface area (Å²) in [6, 6.07) is 19.0. The number of aliphatic hydroxyl groups excluding tert-OH is 1. The second-order valence-electron chi connectivity index (χ2n) is 9.44. The summed E-state index contributed by atoms with van der Waals surface area (Å²) < 4.78 is 17.0. The highest BCUT2D eigenvalue weighted by molar-refractivity contribution is 6.51. The summed E-state index contributed by atoms with van der Waals surface area (Å²) in [6.07, 6.45) is 0. The second-order valence-corrected chi connectivity index (χ2v) is 9.44. The molecule has 0 radical (unpaired) electrons. The average molecular weight is 530 g/mol. The van der Waals surface area contributed by atoms with E-state index in [1.165, 1.54) is 4.90 Å². The van der Waals surface area contributed by atoms with Gasteiger partial charge in [0.25, 0.3) is 11.7 Å². The summed E-state index contributed by atoms with van der Waals surface area (Å²) in [5.74, 6) is 0.134. The van der Waals surface area contributed by atoms with Crippen molar-refractivity contribution in [2.45, 2.75) is 46.6 Å². The van der Waals surface area contributed by atoms with E-state index in [2.05, 4.69) is 13.8 Å². The van der Waals surface area contributed by atoms with E-state index in [4.69, 9.17) is 14.2 Å². The van der Waals surface area contributed by atoms with Crippen LogP contribution in [-0.4, -0.2) is 36.6 Å². The molecule has 1 saturated heterocycles. The number of carbonyl (C=O) groups excluding carboxylic acids is 2. The number of aliphatic hydroxyl groups is 1. The Morgan fingerprint density at radius 3 is 2.00 bits per heavy atom. The number of benzene rings is 3. The van der Waals surface area contributed by atoms with Crippen molar-refractivity contribution in [2.75, 3.05) is 24.7 Å². The topological polar surface area (TPSA) is 85.3 Å². The normalized spacial score (nSPS) is 16.6. The van der Waals surface area contributed by atoms with Crippen LogP contribution in [0.5, 0.6) is 17.2 Å². The van der Waals surface area contributed by atoms with Gasteiger partial charge in [-0.05, 0) is 74.2 Å². The van der Waals surface area contributed by atoms with E-state index < -0.39 is 17.7 Å². The van der Waals surface area contributed by atoms with E-state index >= 15 is 0 Å². The number of amides is 1. The first-order chi connectivity index (χ1) is 18.8. The number of nitrogens with zero attached hydrogens (tertiary/aromatic N) is 1. The van der Waals surface area contributed by atoms with Gasteiger partial charge in [-0.1, -0.05) is 38.1 Å². The molecule has 0 aromatic heterocycles. The number of hydrogen-bond donors (Lipinski definition) is 1. The summed E-state index contributed by atoms with van der Waals surface area (Å²) in [5, 5.41) is 11.6. The zero-order valence-corrected chi connectivity index (χ0v) is 23.1. The maximum atomic E-state index is 13.6. The van der Waals surface area contributed by atoms with Crippen molar-refractivity contribution in [1.82, 2.24) is 0 Å². The van der Waals surface area contributed by atoms with Gasteiger partial charge < -0.3 is 19.3 Å². The zero-order chi connectivity index (χ0) is 28.1. The first-order valence-corrected chi connectivity index (χ1v) is 13.3. The van der Waals surface area contributed by atoms with Crippen molar-refractivity contribution in [3.63, 3.8) is 0 Å². The Morgan fingerprint density at radius 2 is 1.41 bits per heavy atom. The molecule has 0 spiro atoms. The molecule has 1 atom stereocenters. The van der Waals surface area contributed by atoms with Crippen LogP contribution in [0.15, 0.2) is 72.3 Å². The van der Waals surface area contributed by atoms with Crippen molar-refractivity contribution in [3.05, 3.63) is 89.0 Å². The van der Waals surface area contributed by atoms with E-state index in [-0.39, 0.29) is 11.3 Å². The monoisotopic (exact) mass is 529 g/mol. The third-order valence-corrected chi connectivity index (χ3v) is 6.61. The third kappa shape index (κ3) is 5.62. The van der Waals surface area contributed by atoms with Gasteiger partial charge in [-0.2, -0.15) is 0 Å². The summed E-state index contributed by atoms with van der Waals surface area (Å²) in [6.45, 7) is 11.1. The van der Waals surface area contributed by atoms with Gasteiger partial charge in [0.2, 0.25) is 0 Å². The van der Waals surface area contributed by atoms with Crippen molar-refractivity contribution in [3.8, 4) is 17.2 Å². The maximum Gasteiger partial charge on any atom is 0.300 e. The summed E-state index contributed by atoms with van der Waals surface area (Å²) in [7, 11) is 0. The highest BCUT2D eigenvalue weighted by Gasteiger charge is 2.47. The Hall–Kier alpha value is -4.26. The Balaban J connectivity index is 1.90. The molecule has 7 nitrogen and oxygen atoms in total. The minimum absolute atomic E-state index is 0.0118. The molecule has 1 unspecified atom stereocenters. The number of carbonyl (C=O) groups is 2. The summed E-state index contributed by atoms with van der Waals surface area (Å²) >= 11 is 0. The standard InChI is InChI=1S/C32H35NO6/c1-6-37-24-15-11-22(12-16-24)29-28(30(34)26-18-17-25(38-7-2)19-27(26)39-8-3)31(35)32(36)33(29)23-13-9-21(10-14-23)20(4)5/h9-20,29,34H,6-8H2,1-5H3/b30-28-. The van der Waals surface area contributed by atoms with Gasteiger partial charge in [0.1, 0.15) is 23.0 Å². The molecule has 3 aromatic rings. The van der Waals surface area contributed by atoms with Crippen LogP contribution in [-0.2, 0) is 9.59 Å². The molecule has 39 heavy (non-hydrogen) atoms. The second kappa shape index (κ2) is 12.1. The predicted molar refractivity (Wildman–Crippen MR) is 152 cm³/mol. The Kier molecular flexibility index (Phi) is 8.59. The fourth-order valence-corrected chi connectivity index (χ4v) is 4.72. The van der Waals surface area contributed by atoms with Crippen molar-refractivity contribution in [1.29, 1.82) is 0 Å². The molecule has 1 aliphatic heterocycles. The van der Waals surface area contributed by atoms with Crippen LogP contribution < -0.4 is 19.1 Å². The van der Waals surface area contributed by atoms with Crippen molar-refractivity contribution in [2.24, 2.45) is 0 Å². The number of hydrogen-bond acceptors (Lipinski definition) is 6. The molecular formula is C32H35NO6. The lowest BCUT2D eigenvalue weighted by atomic mass is 9.94. The number of Topliss-reactive ketones (excluding diaryl/α,β-unsaturated/α-hetero) is 1. The van der Waals surface area contributed by atoms with Gasteiger partial charge in [-0.25, -0.2) is 0 Å². The van der Waals surface area contributed by atoms with E-state index in [0.717, 1.165) is 5.56 Å². The SMILES string of the molecule is CCOc1ccc(C2/C(=C(/O)c3ccc(OCC)cc3OCC)C(=O)C(=O)N2c2ccc(C(C)C)cc2)cc1. The number of ether oxygens (including phenoxy) is 3. The fraction of sp³-hybridized carbons (Fsp3) is 0.312. The van der Waals surface area contributed by atoms with Crippen LogP contribution >= 0.6 is 0 Å². The largest absolute Gasteiger partial charge is 0.507 e. The third-order valence-electron chi connectivity index (χ3n) is 6.61. The van der Waals surface area contributed by atoms with Crippen LogP contribution in [0.3, 0.4) is 0 Å². The molecule has 0 aliphatic carbocycles. The van der Waals surface area contributed by atoms with Crippen LogP contribution in [0.4, 0.5) is 5.69 Å². The Bertz CT molecular complexity index is 1360. The minimum atomic E-state index is -0.855. The van der Waals surface area contributed by atoms with E-state index in [1.54, 1.807) is 30.3 Å². The van der Waals surface area contributed by atoms with Gasteiger partial charge in [0.15, 0.2) is 0 Å². The first kappa shape index (κ1) is 27.8. The fourth-order valence-electron chi connectivity index (χ4n) is 4.72. The van der Waals surface area contributed by atoms with Crippen molar-refractivity contribution < 1.29 is 28.9 Å². The van der Waals surface area contributed by atoms with E-state index in [9.17, 15) is 14.7 Å². The lowest BCUT2D eigenvalue weighted by Crippen LogP contribution is -2.29.